The van der Waals surface area contributed by atoms with Crippen molar-refractivity contribution in [3.05, 3.63) is 0 Å². The highest BCUT2D eigenvalue weighted by Crippen LogP contribution is 2.07. The van der Waals surface area contributed by atoms with E-state index in [0.29, 0.717) is 0 Å². The largest absolute Gasteiger partial charge is 0.346 e. The minimum Gasteiger partial charge on any atom is -0.346 e. The Morgan fingerprint density at radius 1 is 1.46 bits per heavy atom. The SMILES string of the molecule is CCCCCCC(N)N1C=NCC1. The minimum absolute atomic E-state index is 0.197. The molecular weight excluding hydrogens is 162 g/mol. The van der Waals surface area contributed by atoms with Crippen molar-refractivity contribution in [3.8, 4) is 0 Å². The molecule has 1 aliphatic rings. The summed E-state index contributed by atoms with van der Waals surface area (Å²) in [5.41, 5.74) is 6.00. The summed E-state index contributed by atoms with van der Waals surface area (Å²) in [7, 11) is 0. The molecule has 1 heterocycles. The molecule has 1 rings (SSSR count). The Balaban J connectivity index is 2.03. The summed E-state index contributed by atoms with van der Waals surface area (Å²) in [6, 6.07) is 0. The van der Waals surface area contributed by atoms with E-state index in [-0.39, 0.29) is 6.17 Å². The first-order valence-corrected chi connectivity index (χ1v) is 5.36. The normalized spacial score (nSPS) is 18.2. The van der Waals surface area contributed by atoms with E-state index in [4.69, 9.17) is 5.73 Å². The summed E-state index contributed by atoms with van der Waals surface area (Å²) < 4.78 is 0. The van der Waals surface area contributed by atoms with Crippen LogP contribution in [0.3, 0.4) is 0 Å². The quantitative estimate of drug-likeness (QED) is 0.635. The van der Waals surface area contributed by atoms with Crippen LogP contribution in [0.2, 0.25) is 0 Å². The lowest BCUT2D eigenvalue weighted by atomic mass is 10.1. The van der Waals surface area contributed by atoms with E-state index in [0.717, 1.165) is 19.5 Å². The summed E-state index contributed by atoms with van der Waals surface area (Å²) in [4.78, 5) is 6.30. The number of nitrogens with two attached hydrogens (primary N) is 1. The Morgan fingerprint density at radius 2 is 2.31 bits per heavy atom. The predicted molar refractivity (Wildman–Crippen MR) is 56.8 cm³/mol. The Labute approximate surface area is 81.0 Å². The molecule has 0 aromatic heterocycles. The summed E-state index contributed by atoms with van der Waals surface area (Å²) in [6.07, 6.45) is 8.38. The fourth-order valence-electron chi connectivity index (χ4n) is 1.59. The van der Waals surface area contributed by atoms with Crippen molar-refractivity contribution in [1.82, 2.24) is 4.90 Å². The molecule has 0 fully saturated rings. The molecule has 0 bridgehead atoms. The first-order valence-electron chi connectivity index (χ1n) is 5.36. The number of unbranched alkanes of at least 4 members (excludes halogenated alkanes) is 3. The van der Waals surface area contributed by atoms with Crippen LogP contribution in [0.25, 0.3) is 0 Å². The molecular formula is C10H21N3. The lowest BCUT2D eigenvalue weighted by Crippen LogP contribution is -2.39. The van der Waals surface area contributed by atoms with Gasteiger partial charge in [0.1, 0.15) is 0 Å². The highest BCUT2D eigenvalue weighted by atomic mass is 15.3. The molecule has 0 radical (unpaired) electrons. The Morgan fingerprint density at radius 3 is 2.92 bits per heavy atom. The first kappa shape index (κ1) is 10.5. The maximum atomic E-state index is 6.00. The predicted octanol–water partition coefficient (Wildman–Crippen LogP) is 1.59. The van der Waals surface area contributed by atoms with Gasteiger partial charge in [0.2, 0.25) is 0 Å². The van der Waals surface area contributed by atoms with Crippen molar-refractivity contribution in [2.75, 3.05) is 13.1 Å². The molecule has 0 saturated heterocycles. The topological polar surface area (TPSA) is 41.6 Å². The monoisotopic (exact) mass is 183 g/mol. The maximum Gasteiger partial charge on any atom is 0.0863 e. The fourth-order valence-corrected chi connectivity index (χ4v) is 1.59. The molecule has 1 atom stereocenters. The van der Waals surface area contributed by atoms with Gasteiger partial charge in [-0.15, -0.1) is 0 Å². The van der Waals surface area contributed by atoms with Gasteiger partial charge in [0.05, 0.1) is 19.0 Å². The van der Waals surface area contributed by atoms with Gasteiger partial charge in [0.25, 0.3) is 0 Å². The van der Waals surface area contributed by atoms with Crippen LogP contribution in [-0.4, -0.2) is 30.5 Å². The number of hydrogen-bond donors (Lipinski definition) is 1. The number of rotatable bonds is 6. The van der Waals surface area contributed by atoms with Crippen molar-refractivity contribution in [2.24, 2.45) is 10.7 Å². The third kappa shape index (κ3) is 3.77. The summed E-state index contributed by atoms with van der Waals surface area (Å²) in [5.74, 6) is 0. The fraction of sp³-hybridized carbons (Fsp3) is 0.900. The summed E-state index contributed by atoms with van der Waals surface area (Å²) >= 11 is 0. The van der Waals surface area contributed by atoms with Crippen molar-refractivity contribution in [3.63, 3.8) is 0 Å². The molecule has 0 amide bonds. The zero-order chi connectivity index (χ0) is 9.52. The van der Waals surface area contributed by atoms with E-state index in [9.17, 15) is 0 Å². The Bertz CT molecular complexity index is 156. The van der Waals surface area contributed by atoms with Gasteiger partial charge in [0.15, 0.2) is 0 Å². The second-order valence-electron chi connectivity index (χ2n) is 3.68. The zero-order valence-electron chi connectivity index (χ0n) is 8.58. The molecule has 0 aromatic rings. The molecule has 76 valence electrons. The lowest BCUT2D eigenvalue weighted by Gasteiger charge is -2.22. The molecule has 3 heteroatoms. The second kappa shape index (κ2) is 5.97. The van der Waals surface area contributed by atoms with Crippen molar-refractivity contribution >= 4 is 6.34 Å². The van der Waals surface area contributed by atoms with E-state index < -0.39 is 0 Å². The molecule has 2 N–H and O–H groups in total. The van der Waals surface area contributed by atoms with Gasteiger partial charge in [0, 0.05) is 6.54 Å². The zero-order valence-corrected chi connectivity index (χ0v) is 8.58. The van der Waals surface area contributed by atoms with E-state index in [2.05, 4.69) is 16.8 Å². The molecule has 0 aromatic carbocycles. The van der Waals surface area contributed by atoms with Crippen LogP contribution in [0.15, 0.2) is 4.99 Å². The van der Waals surface area contributed by atoms with Gasteiger partial charge in [-0.25, -0.2) is 0 Å². The van der Waals surface area contributed by atoms with Crippen molar-refractivity contribution in [1.29, 1.82) is 0 Å². The molecule has 13 heavy (non-hydrogen) atoms. The second-order valence-corrected chi connectivity index (χ2v) is 3.68. The first-order chi connectivity index (χ1) is 6.34. The average Bonchev–Trinajstić information content (AvgIpc) is 2.65. The van der Waals surface area contributed by atoms with Gasteiger partial charge in [-0.1, -0.05) is 32.6 Å². The highest BCUT2D eigenvalue weighted by Gasteiger charge is 2.12. The Kier molecular flexibility index (Phi) is 4.83. The van der Waals surface area contributed by atoms with Crippen LogP contribution in [0, 0.1) is 0 Å². The van der Waals surface area contributed by atoms with Crippen molar-refractivity contribution < 1.29 is 0 Å². The molecule has 1 aliphatic heterocycles. The van der Waals surface area contributed by atoms with Crippen LogP contribution in [0.5, 0.6) is 0 Å². The third-order valence-electron chi connectivity index (χ3n) is 2.50. The lowest BCUT2D eigenvalue weighted by molar-refractivity contribution is 0.323. The van der Waals surface area contributed by atoms with E-state index >= 15 is 0 Å². The number of hydrogen-bond acceptors (Lipinski definition) is 3. The molecule has 0 spiro atoms. The number of nitrogens with zero attached hydrogens (tertiary/aromatic N) is 2. The smallest absolute Gasteiger partial charge is 0.0863 e. The van der Waals surface area contributed by atoms with E-state index in [1.165, 1.54) is 25.7 Å². The van der Waals surface area contributed by atoms with E-state index in [1.807, 2.05) is 6.34 Å². The summed E-state index contributed by atoms with van der Waals surface area (Å²) in [6.45, 7) is 4.16. The third-order valence-corrected chi connectivity index (χ3v) is 2.50. The average molecular weight is 183 g/mol. The van der Waals surface area contributed by atoms with Gasteiger partial charge < -0.3 is 10.6 Å². The van der Waals surface area contributed by atoms with Crippen LogP contribution in [0.1, 0.15) is 39.0 Å². The highest BCUT2D eigenvalue weighted by molar-refractivity contribution is 5.57. The summed E-state index contributed by atoms with van der Waals surface area (Å²) in [5, 5.41) is 0. The van der Waals surface area contributed by atoms with E-state index in [1.54, 1.807) is 0 Å². The number of aliphatic imine (C=N–C) groups is 1. The maximum absolute atomic E-state index is 6.00. The standard InChI is InChI=1S/C10H21N3/c1-2-3-4-5-6-10(11)13-8-7-12-9-13/h9-10H,2-8,11H2,1H3. The van der Waals surface area contributed by atoms with Crippen molar-refractivity contribution in [2.45, 2.75) is 45.2 Å². The van der Waals surface area contributed by atoms with Gasteiger partial charge in [-0.2, -0.15) is 0 Å². The van der Waals surface area contributed by atoms with Gasteiger partial charge in [-0.3, -0.25) is 4.99 Å². The van der Waals surface area contributed by atoms with Crippen LogP contribution >= 0.6 is 0 Å². The Hall–Kier alpha value is -0.570. The molecule has 3 nitrogen and oxygen atoms in total. The van der Waals surface area contributed by atoms with Gasteiger partial charge in [-0.05, 0) is 6.42 Å². The van der Waals surface area contributed by atoms with Crippen LogP contribution in [-0.2, 0) is 0 Å². The minimum atomic E-state index is 0.197. The molecule has 1 unspecified atom stereocenters. The molecule has 0 aliphatic carbocycles. The van der Waals surface area contributed by atoms with Gasteiger partial charge >= 0.3 is 0 Å². The molecule has 0 saturated carbocycles. The van der Waals surface area contributed by atoms with Crippen LogP contribution in [0.4, 0.5) is 0 Å². The van der Waals surface area contributed by atoms with Crippen LogP contribution < -0.4 is 5.73 Å².